The van der Waals surface area contributed by atoms with Crippen molar-refractivity contribution in [3.05, 3.63) is 76.5 Å². The molecule has 0 saturated heterocycles. The summed E-state index contributed by atoms with van der Waals surface area (Å²) in [5.74, 6) is -0.932. The van der Waals surface area contributed by atoms with Crippen LogP contribution in [-0.2, 0) is 0 Å². The van der Waals surface area contributed by atoms with Gasteiger partial charge in [-0.05, 0) is 41.0 Å². The van der Waals surface area contributed by atoms with Crippen molar-refractivity contribution in [2.75, 3.05) is 0 Å². The molecule has 4 aromatic rings. The molecule has 0 aliphatic carbocycles. The molecule has 0 spiro atoms. The molecule has 1 N–H and O–H groups in total. The fraction of sp³-hybridized carbons (Fsp3) is 0.0476. The molecule has 4 rings (SSSR count). The summed E-state index contributed by atoms with van der Waals surface area (Å²) in [6.07, 6.45) is 3.49. The van der Waals surface area contributed by atoms with E-state index in [0.717, 1.165) is 42.7 Å². The average Bonchev–Trinajstić information content (AvgIpc) is 2.62. The fourth-order valence-corrected chi connectivity index (χ4v) is 3.79. The second-order valence-electron chi connectivity index (χ2n) is 5.99. The number of hydrogen-bond acceptors (Lipinski definition) is 2. The molecular weight excluding hydrogens is 378 g/mol. The molecular formula is C21H14BrNO2. The Bertz CT molecular complexity index is 1150. The van der Waals surface area contributed by atoms with Crippen LogP contribution in [0.2, 0.25) is 0 Å². The highest BCUT2D eigenvalue weighted by Gasteiger charge is 2.17. The molecule has 3 aromatic carbocycles. The third-order valence-corrected chi connectivity index (χ3v) is 5.22. The lowest BCUT2D eigenvalue weighted by atomic mass is 9.92. The topological polar surface area (TPSA) is 50.2 Å². The van der Waals surface area contributed by atoms with Crippen molar-refractivity contribution in [3.8, 4) is 11.1 Å². The van der Waals surface area contributed by atoms with E-state index in [9.17, 15) is 9.90 Å². The SMILES string of the molecule is Cc1ccc(C(=O)O)c2c(-c3ccc(Br)c4ccccc34)cncc12. The standard InChI is InChI=1S/C21H14BrNO2/c1-12-6-7-16(21(24)25)20-17(12)10-23-11-18(20)14-8-9-19(22)15-5-3-2-4-13(14)15/h2-11H,1H3,(H,24,25). The summed E-state index contributed by atoms with van der Waals surface area (Å²) < 4.78 is 1.01. The number of pyridine rings is 1. The van der Waals surface area contributed by atoms with Crippen LogP contribution in [0, 0.1) is 6.92 Å². The molecule has 0 atom stereocenters. The van der Waals surface area contributed by atoms with Gasteiger partial charge in [-0.25, -0.2) is 4.79 Å². The predicted octanol–water partition coefficient (Wildman–Crippen LogP) is 5.82. The largest absolute Gasteiger partial charge is 0.478 e. The van der Waals surface area contributed by atoms with Crippen molar-refractivity contribution in [2.24, 2.45) is 0 Å². The Labute approximate surface area is 153 Å². The number of aryl methyl sites for hydroxylation is 1. The van der Waals surface area contributed by atoms with E-state index in [1.807, 2.05) is 49.4 Å². The zero-order chi connectivity index (χ0) is 17.6. The van der Waals surface area contributed by atoms with Crippen molar-refractivity contribution in [2.45, 2.75) is 6.92 Å². The maximum atomic E-state index is 11.8. The normalized spacial score (nSPS) is 11.1. The first-order valence-corrected chi connectivity index (χ1v) is 8.65. The van der Waals surface area contributed by atoms with E-state index in [1.54, 1.807) is 18.5 Å². The average molecular weight is 392 g/mol. The second kappa shape index (κ2) is 5.97. The minimum absolute atomic E-state index is 0.296. The van der Waals surface area contributed by atoms with Crippen LogP contribution < -0.4 is 0 Å². The molecule has 0 aliphatic rings. The number of halogens is 1. The van der Waals surface area contributed by atoms with Gasteiger partial charge in [0.25, 0.3) is 0 Å². The lowest BCUT2D eigenvalue weighted by Crippen LogP contribution is -2.00. The van der Waals surface area contributed by atoms with Gasteiger partial charge in [0, 0.05) is 33.2 Å². The summed E-state index contributed by atoms with van der Waals surface area (Å²) in [6, 6.07) is 15.6. The van der Waals surface area contributed by atoms with E-state index in [2.05, 4.69) is 20.9 Å². The van der Waals surface area contributed by atoms with Crippen LogP contribution in [0.5, 0.6) is 0 Å². The molecule has 0 radical (unpaired) electrons. The molecule has 0 amide bonds. The fourth-order valence-electron chi connectivity index (χ4n) is 3.31. The zero-order valence-corrected chi connectivity index (χ0v) is 15.0. The molecule has 25 heavy (non-hydrogen) atoms. The minimum atomic E-state index is -0.932. The van der Waals surface area contributed by atoms with Crippen molar-refractivity contribution in [1.29, 1.82) is 0 Å². The van der Waals surface area contributed by atoms with Gasteiger partial charge in [0.05, 0.1) is 5.56 Å². The third kappa shape index (κ3) is 2.50. The van der Waals surface area contributed by atoms with Crippen LogP contribution in [0.1, 0.15) is 15.9 Å². The van der Waals surface area contributed by atoms with Crippen molar-refractivity contribution >= 4 is 43.4 Å². The number of hydrogen-bond donors (Lipinski definition) is 1. The van der Waals surface area contributed by atoms with Crippen LogP contribution in [-0.4, -0.2) is 16.1 Å². The smallest absolute Gasteiger partial charge is 0.336 e. The molecule has 0 saturated carbocycles. The number of carboxylic acids is 1. The summed E-state index contributed by atoms with van der Waals surface area (Å²) >= 11 is 3.59. The second-order valence-corrected chi connectivity index (χ2v) is 6.84. The Morgan fingerprint density at radius 3 is 2.44 bits per heavy atom. The predicted molar refractivity (Wildman–Crippen MR) is 104 cm³/mol. The highest BCUT2D eigenvalue weighted by Crippen LogP contribution is 2.38. The number of carboxylic acid groups (broad SMARTS) is 1. The molecule has 0 aliphatic heterocycles. The van der Waals surface area contributed by atoms with Gasteiger partial charge >= 0.3 is 5.97 Å². The van der Waals surface area contributed by atoms with Crippen LogP contribution in [0.15, 0.2) is 65.4 Å². The van der Waals surface area contributed by atoms with Gasteiger partial charge < -0.3 is 5.11 Å². The number of rotatable bonds is 2. The van der Waals surface area contributed by atoms with Gasteiger partial charge in [0.15, 0.2) is 0 Å². The van der Waals surface area contributed by atoms with E-state index < -0.39 is 5.97 Å². The van der Waals surface area contributed by atoms with Gasteiger partial charge in [-0.2, -0.15) is 0 Å². The number of nitrogens with zero attached hydrogens (tertiary/aromatic N) is 1. The molecule has 0 unspecified atom stereocenters. The highest BCUT2D eigenvalue weighted by atomic mass is 79.9. The van der Waals surface area contributed by atoms with Gasteiger partial charge in [-0.3, -0.25) is 4.98 Å². The number of carbonyl (C=O) groups is 1. The van der Waals surface area contributed by atoms with Gasteiger partial charge in [0.2, 0.25) is 0 Å². The summed E-state index contributed by atoms with van der Waals surface area (Å²) in [4.78, 5) is 16.2. The van der Waals surface area contributed by atoms with E-state index in [0.29, 0.717) is 5.56 Å². The Balaban J connectivity index is 2.18. The van der Waals surface area contributed by atoms with Gasteiger partial charge in [-0.1, -0.05) is 52.3 Å². The van der Waals surface area contributed by atoms with E-state index in [4.69, 9.17) is 0 Å². The Hall–Kier alpha value is -2.72. The Morgan fingerprint density at radius 1 is 0.920 bits per heavy atom. The Morgan fingerprint density at radius 2 is 1.68 bits per heavy atom. The van der Waals surface area contributed by atoms with Crippen LogP contribution in [0.25, 0.3) is 32.7 Å². The third-order valence-electron chi connectivity index (χ3n) is 4.53. The number of fused-ring (bicyclic) bond motifs is 2. The molecule has 3 nitrogen and oxygen atoms in total. The molecule has 0 fully saturated rings. The molecule has 1 aromatic heterocycles. The summed E-state index contributed by atoms with van der Waals surface area (Å²) in [5, 5.41) is 13.4. The van der Waals surface area contributed by atoms with Crippen LogP contribution in [0.3, 0.4) is 0 Å². The molecule has 0 bridgehead atoms. The maximum absolute atomic E-state index is 11.8. The van der Waals surface area contributed by atoms with Crippen molar-refractivity contribution in [3.63, 3.8) is 0 Å². The zero-order valence-electron chi connectivity index (χ0n) is 13.5. The van der Waals surface area contributed by atoms with E-state index in [-0.39, 0.29) is 0 Å². The van der Waals surface area contributed by atoms with Crippen molar-refractivity contribution in [1.82, 2.24) is 4.98 Å². The minimum Gasteiger partial charge on any atom is -0.478 e. The van der Waals surface area contributed by atoms with Crippen LogP contribution >= 0.6 is 15.9 Å². The lowest BCUT2D eigenvalue weighted by Gasteiger charge is -2.14. The molecule has 1 heterocycles. The summed E-state index contributed by atoms with van der Waals surface area (Å²) in [7, 11) is 0. The maximum Gasteiger partial charge on any atom is 0.336 e. The monoisotopic (exact) mass is 391 g/mol. The van der Waals surface area contributed by atoms with Gasteiger partial charge in [-0.15, -0.1) is 0 Å². The first-order chi connectivity index (χ1) is 12.1. The molecule has 122 valence electrons. The summed E-state index contributed by atoms with van der Waals surface area (Å²) in [6.45, 7) is 1.97. The van der Waals surface area contributed by atoms with Gasteiger partial charge in [0.1, 0.15) is 0 Å². The number of aromatic nitrogens is 1. The molecule has 4 heteroatoms. The number of benzene rings is 3. The van der Waals surface area contributed by atoms with Crippen LogP contribution in [0.4, 0.5) is 0 Å². The first-order valence-electron chi connectivity index (χ1n) is 7.86. The quantitative estimate of drug-likeness (QED) is 0.467. The number of aromatic carboxylic acids is 1. The highest BCUT2D eigenvalue weighted by molar-refractivity contribution is 9.10. The lowest BCUT2D eigenvalue weighted by molar-refractivity contribution is 0.0699. The van der Waals surface area contributed by atoms with E-state index >= 15 is 0 Å². The van der Waals surface area contributed by atoms with E-state index in [1.165, 1.54) is 0 Å². The van der Waals surface area contributed by atoms with Crippen molar-refractivity contribution < 1.29 is 9.90 Å². The Kier molecular flexibility index (Phi) is 3.77. The summed E-state index contributed by atoms with van der Waals surface area (Å²) in [5.41, 5.74) is 3.12. The first kappa shape index (κ1) is 15.8.